The van der Waals surface area contributed by atoms with E-state index < -0.39 is 10.0 Å². The molecule has 0 aliphatic heterocycles. The molecule has 4 aromatic rings. The Hall–Kier alpha value is -3.10. The molecule has 0 fully saturated rings. The summed E-state index contributed by atoms with van der Waals surface area (Å²) in [5.74, 6) is -0.147. The SMILES string of the molecule is Cc1cccc(NC(=O)CSc2[nH]c3ccccc3[n+]2S(=O)(=O)c2ccccc2)c1C. The number of aromatic amines is 1. The molecule has 0 spiro atoms. The Labute approximate surface area is 185 Å². The Morgan fingerprint density at radius 3 is 2.45 bits per heavy atom. The molecule has 6 nitrogen and oxygen atoms in total. The first-order valence-electron chi connectivity index (χ1n) is 9.70. The molecule has 0 unspecified atom stereocenters. The molecule has 158 valence electrons. The average Bonchev–Trinajstić information content (AvgIpc) is 3.15. The van der Waals surface area contributed by atoms with Gasteiger partial charge in [0.25, 0.3) is 0 Å². The van der Waals surface area contributed by atoms with Gasteiger partial charge < -0.3 is 5.32 Å². The average molecular weight is 453 g/mol. The van der Waals surface area contributed by atoms with Crippen LogP contribution in [0.5, 0.6) is 0 Å². The van der Waals surface area contributed by atoms with E-state index in [1.165, 1.54) is 3.97 Å². The van der Waals surface area contributed by atoms with Gasteiger partial charge in [0.05, 0.1) is 5.75 Å². The second kappa shape index (κ2) is 8.56. The predicted octanol–water partition coefficient (Wildman–Crippen LogP) is 4.04. The molecule has 0 radical (unpaired) electrons. The number of aromatic nitrogens is 2. The van der Waals surface area contributed by atoms with Crippen molar-refractivity contribution in [2.24, 2.45) is 0 Å². The van der Waals surface area contributed by atoms with Crippen LogP contribution in [-0.2, 0) is 14.8 Å². The van der Waals surface area contributed by atoms with Gasteiger partial charge in [-0.1, -0.05) is 42.5 Å². The minimum atomic E-state index is -3.84. The van der Waals surface area contributed by atoms with Crippen LogP contribution < -0.4 is 9.29 Å². The van der Waals surface area contributed by atoms with Gasteiger partial charge in [-0.25, -0.2) is 4.98 Å². The second-order valence-electron chi connectivity index (χ2n) is 7.11. The lowest BCUT2D eigenvalue weighted by Gasteiger charge is -2.09. The minimum Gasteiger partial charge on any atom is -0.325 e. The van der Waals surface area contributed by atoms with Gasteiger partial charge in [-0.15, -0.1) is 3.97 Å². The maximum absolute atomic E-state index is 13.4. The summed E-state index contributed by atoms with van der Waals surface area (Å²) in [6, 6.07) is 21.2. The lowest BCUT2D eigenvalue weighted by Crippen LogP contribution is -2.44. The summed E-state index contributed by atoms with van der Waals surface area (Å²) in [5.41, 5.74) is 4.07. The molecule has 0 bridgehead atoms. The third-order valence-corrected chi connectivity index (χ3v) is 7.86. The molecule has 0 atom stereocenters. The molecular formula is C23H22N3O3S2+. The summed E-state index contributed by atoms with van der Waals surface area (Å²) in [4.78, 5) is 15.9. The van der Waals surface area contributed by atoms with Crippen molar-refractivity contribution >= 4 is 44.4 Å². The van der Waals surface area contributed by atoms with Crippen LogP contribution in [0.25, 0.3) is 11.0 Å². The van der Waals surface area contributed by atoms with Crippen LogP contribution >= 0.6 is 11.8 Å². The highest BCUT2D eigenvalue weighted by Crippen LogP contribution is 2.23. The summed E-state index contributed by atoms with van der Waals surface area (Å²) < 4.78 is 28.0. The fourth-order valence-electron chi connectivity index (χ4n) is 3.27. The number of carbonyl (C=O) groups is 1. The van der Waals surface area contributed by atoms with Crippen molar-refractivity contribution in [2.75, 3.05) is 11.1 Å². The zero-order valence-electron chi connectivity index (χ0n) is 17.1. The third kappa shape index (κ3) is 4.22. The van der Waals surface area contributed by atoms with Gasteiger partial charge in [0.2, 0.25) is 5.91 Å². The molecule has 31 heavy (non-hydrogen) atoms. The van der Waals surface area contributed by atoms with Crippen LogP contribution in [0.3, 0.4) is 0 Å². The number of fused-ring (bicyclic) bond motifs is 1. The summed E-state index contributed by atoms with van der Waals surface area (Å²) in [7, 11) is -3.84. The van der Waals surface area contributed by atoms with Gasteiger partial charge in [-0.2, -0.15) is 8.42 Å². The molecule has 0 aliphatic carbocycles. The van der Waals surface area contributed by atoms with Crippen LogP contribution in [0.15, 0.2) is 82.8 Å². The standard InChI is InChI=1S/C23H21N3O3S2/c1-16-9-8-13-19(17(16)2)24-22(27)15-30-23-25-20-12-6-7-14-21(20)26(23)31(28,29)18-10-4-3-5-11-18/h3-14H,15H2,1-2H3,(H,24,27)/p+1. The second-order valence-corrected chi connectivity index (χ2v) is 9.86. The van der Waals surface area contributed by atoms with Gasteiger partial charge in [-0.05, 0) is 67.1 Å². The van der Waals surface area contributed by atoms with E-state index in [1.54, 1.807) is 42.5 Å². The van der Waals surface area contributed by atoms with Crippen LogP contribution in [0.2, 0.25) is 0 Å². The van der Waals surface area contributed by atoms with E-state index in [0.717, 1.165) is 28.6 Å². The molecule has 3 aromatic carbocycles. The zero-order valence-corrected chi connectivity index (χ0v) is 18.8. The zero-order chi connectivity index (χ0) is 22.0. The number of rotatable bonds is 6. The number of hydrogen-bond donors (Lipinski definition) is 2. The highest BCUT2D eigenvalue weighted by Gasteiger charge is 2.31. The molecule has 1 aromatic heterocycles. The van der Waals surface area contributed by atoms with Gasteiger partial charge in [0.1, 0.15) is 4.90 Å². The number of aryl methyl sites for hydroxylation is 1. The minimum absolute atomic E-state index is 0.0600. The fourth-order valence-corrected chi connectivity index (χ4v) is 5.85. The van der Waals surface area contributed by atoms with Crippen molar-refractivity contribution in [2.45, 2.75) is 23.9 Å². The number of para-hydroxylation sites is 2. The molecular weight excluding hydrogens is 430 g/mol. The number of carbonyl (C=O) groups excluding carboxylic acids is 1. The summed E-state index contributed by atoms with van der Waals surface area (Å²) in [6.45, 7) is 3.94. The largest absolute Gasteiger partial charge is 0.336 e. The summed E-state index contributed by atoms with van der Waals surface area (Å²) in [5, 5.41) is 3.29. The molecule has 8 heteroatoms. The molecule has 1 heterocycles. The maximum atomic E-state index is 13.4. The molecule has 0 saturated heterocycles. The lowest BCUT2D eigenvalue weighted by molar-refractivity contribution is -0.526. The van der Waals surface area contributed by atoms with Crippen molar-refractivity contribution in [3.8, 4) is 0 Å². The topological polar surface area (TPSA) is 82.9 Å². The van der Waals surface area contributed by atoms with E-state index in [1.807, 2.05) is 44.2 Å². The molecule has 0 saturated carbocycles. The number of benzene rings is 3. The van der Waals surface area contributed by atoms with E-state index in [4.69, 9.17) is 0 Å². The number of anilines is 1. The Bertz CT molecular complexity index is 1360. The highest BCUT2D eigenvalue weighted by molar-refractivity contribution is 8.00. The van der Waals surface area contributed by atoms with Crippen LogP contribution in [0.4, 0.5) is 5.69 Å². The summed E-state index contributed by atoms with van der Waals surface area (Å²) in [6.07, 6.45) is 0. The number of nitrogens with one attached hydrogen (secondary N) is 2. The number of thioether (sulfide) groups is 1. The normalized spacial score (nSPS) is 11.5. The van der Waals surface area contributed by atoms with Crippen LogP contribution in [0.1, 0.15) is 11.1 Å². The first-order chi connectivity index (χ1) is 14.9. The maximum Gasteiger partial charge on any atom is 0.336 e. The van der Waals surface area contributed by atoms with E-state index in [9.17, 15) is 13.2 Å². The number of H-pyrrole nitrogens is 1. The fraction of sp³-hybridized carbons (Fsp3) is 0.130. The molecule has 0 aliphatic rings. The van der Waals surface area contributed by atoms with Crippen molar-refractivity contribution in [3.63, 3.8) is 0 Å². The van der Waals surface area contributed by atoms with Crippen LogP contribution in [0, 0.1) is 13.8 Å². The van der Waals surface area contributed by atoms with Crippen molar-refractivity contribution in [1.82, 2.24) is 4.98 Å². The smallest absolute Gasteiger partial charge is 0.325 e. The Kier molecular flexibility index (Phi) is 5.84. The number of nitrogens with zero attached hydrogens (tertiary/aromatic N) is 1. The van der Waals surface area contributed by atoms with E-state index in [-0.39, 0.29) is 16.6 Å². The van der Waals surface area contributed by atoms with E-state index >= 15 is 0 Å². The quantitative estimate of drug-likeness (QED) is 0.342. The first-order valence-corrected chi connectivity index (χ1v) is 12.1. The monoisotopic (exact) mass is 452 g/mol. The molecule has 2 N–H and O–H groups in total. The predicted molar refractivity (Wildman–Crippen MR) is 123 cm³/mol. The first kappa shape index (κ1) is 21.1. The van der Waals surface area contributed by atoms with Crippen LogP contribution in [-0.4, -0.2) is 25.1 Å². The van der Waals surface area contributed by atoms with E-state index in [2.05, 4.69) is 10.3 Å². The Morgan fingerprint density at radius 1 is 0.968 bits per heavy atom. The highest BCUT2D eigenvalue weighted by atomic mass is 32.2. The van der Waals surface area contributed by atoms with Crippen molar-refractivity contribution in [1.29, 1.82) is 0 Å². The lowest BCUT2D eigenvalue weighted by atomic mass is 10.1. The molecule has 1 amide bonds. The number of amides is 1. The van der Waals surface area contributed by atoms with E-state index in [0.29, 0.717) is 16.2 Å². The van der Waals surface area contributed by atoms with Gasteiger partial charge in [-0.3, -0.25) is 4.79 Å². The van der Waals surface area contributed by atoms with Gasteiger partial charge in [0, 0.05) is 5.69 Å². The van der Waals surface area contributed by atoms with Crippen molar-refractivity contribution in [3.05, 3.63) is 83.9 Å². The Morgan fingerprint density at radius 2 is 1.68 bits per heavy atom. The molecule has 4 rings (SSSR count). The van der Waals surface area contributed by atoms with Gasteiger partial charge in [0.15, 0.2) is 11.0 Å². The number of imidazole rings is 1. The summed E-state index contributed by atoms with van der Waals surface area (Å²) >= 11 is 1.15. The number of hydrogen-bond acceptors (Lipinski definition) is 4. The van der Waals surface area contributed by atoms with Gasteiger partial charge >= 0.3 is 15.2 Å². The third-order valence-electron chi connectivity index (χ3n) is 5.05. The Balaban J connectivity index is 1.65. The van der Waals surface area contributed by atoms with Crippen molar-refractivity contribution < 1.29 is 17.2 Å².